The van der Waals surface area contributed by atoms with Crippen molar-refractivity contribution in [1.29, 1.82) is 0 Å². The Morgan fingerprint density at radius 2 is 1.71 bits per heavy atom. The summed E-state index contributed by atoms with van der Waals surface area (Å²) in [5, 5.41) is 3.43. The van der Waals surface area contributed by atoms with E-state index in [2.05, 4.69) is 10.7 Å². The van der Waals surface area contributed by atoms with Gasteiger partial charge < -0.3 is 10.1 Å². The fraction of sp³-hybridized carbons (Fsp3) is 0.125. The second-order valence-corrected chi connectivity index (χ2v) is 7.48. The largest absolute Gasteiger partial charge is 0.497 e. The highest BCUT2D eigenvalue weighted by Crippen LogP contribution is 2.27. The number of hydrogen-bond acceptors (Lipinski definition) is 3. The molecule has 1 aliphatic heterocycles. The van der Waals surface area contributed by atoms with Gasteiger partial charge in [-0.25, -0.2) is 0 Å². The second-order valence-electron chi connectivity index (χ2n) is 7.07. The molecule has 2 amide bonds. The standard InChI is InChI=1S/C24H20ClN3O3/c1-31-19-13-11-16(12-14-19)22-21(26-23(29)17-7-3-2-4-8-17)24(30)27-28(22)15-18-9-5-6-10-20(18)25/h2-15,21-22H,1H3,(H-,26,27,29,30)/p+1/b28-15-/t21-,22-/m0/s1. The summed E-state index contributed by atoms with van der Waals surface area (Å²) in [4.78, 5) is 25.7. The van der Waals surface area contributed by atoms with Crippen LogP contribution in [-0.2, 0) is 4.79 Å². The molecule has 3 aromatic carbocycles. The monoisotopic (exact) mass is 434 g/mol. The van der Waals surface area contributed by atoms with E-state index in [0.29, 0.717) is 16.3 Å². The number of hydrazone groups is 1. The average molecular weight is 435 g/mol. The van der Waals surface area contributed by atoms with Crippen molar-refractivity contribution in [2.75, 3.05) is 7.11 Å². The zero-order valence-corrected chi connectivity index (χ0v) is 17.5. The van der Waals surface area contributed by atoms with Gasteiger partial charge in [-0.15, -0.1) is 10.1 Å². The molecule has 1 heterocycles. The van der Waals surface area contributed by atoms with Gasteiger partial charge in [0, 0.05) is 11.1 Å². The molecule has 0 aromatic heterocycles. The maximum Gasteiger partial charge on any atom is 0.304 e. The molecule has 6 nitrogen and oxygen atoms in total. The quantitative estimate of drug-likeness (QED) is 0.605. The smallest absolute Gasteiger partial charge is 0.304 e. The average Bonchev–Trinajstić information content (AvgIpc) is 3.10. The number of hydrazine groups is 1. The first kappa shape index (κ1) is 20.6. The van der Waals surface area contributed by atoms with Gasteiger partial charge in [0.1, 0.15) is 5.75 Å². The van der Waals surface area contributed by atoms with E-state index < -0.39 is 12.1 Å². The fourth-order valence-corrected chi connectivity index (χ4v) is 3.71. The van der Waals surface area contributed by atoms with Crippen molar-refractivity contribution in [2.45, 2.75) is 12.1 Å². The molecule has 0 bridgehead atoms. The topological polar surface area (TPSA) is 70.4 Å². The Morgan fingerprint density at radius 1 is 1.03 bits per heavy atom. The number of nitrogens with zero attached hydrogens (tertiary/aromatic N) is 1. The molecule has 0 saturated carbocycles. The van der Waals surface area contributed by atoms with Crippen LogP contribution in [0, 0.1) is 0 Å². The first-order chi connectivity index (χ1) is 15.1. The molecule has 0 radical (unpaired) electrons. The zero-order chi connectivity index (χ0) is 21.8. The van der Waals surface area contributed by atoms with Crippen molar-refractivity contribution in [2.24, 2.45) is 0 Å². The van der Waals surface area contributed by atoms with Crippen LogP contribution in [0.1, 0.15) is 27.5 Å². The number of amides is 2. The summed E-state index contributed by atoms with van der Waals surface area (Å²) >= 11 is 6.32. The van der Waals surface area contributed by atoms with Crippen molar-refractivity contribution in [3.8, 4) is 5.75 Å². The lowest BCUT2D eigenvalue weighted by molar-refractivity contribution is -0.596. The number of halogens is 1. The van der Waals surface area contributed by atoms with Gasteiger partial charge in [0.25, 0.3) is 5.91 Å². The van der Waals surface area contributed by atoms with E-state index in [-0.39, 0.29) is 11.8 Å². The lowest BCUT2D eigenvalue weighted by Crippen LogP contribution is -2.42. The van der Waals surface area contributed by atoms with Gasteiger partial charge >= 0.3 is 5.91 Å². The third-order valence-electron chi connectivity index (χ3n) is 5.10. The summed E-state index contributed by atoms with van der Waals surface area (Å²) < 4.78 is 6.93. The summed E-state index contributed by atoms with van der Waals surface area (Å²) in [6, 6.07) is 22.3. The number of ether oxygens (including phenoxy) is 1. The van der Waals surface area contributed by atoms with Crippen LogP contribution in [0.15, 0.2) is 78.9 Å². The van der Waals surface area contributed by atoms with Crippen LogP contribution in [0.5, 0.6) is 5.75 Å². The SMILES string of the molecule is COc1ccc([C@H]2[C@H](NC(=O)c3ccccc3)C(=O)N/[N+]2=C\c2ccccc2Cl)cc1. The van der Waals surface area contributed by atoms with Crippen molar-refractivity contribution >= 4 is 29.6 Å². The molecule has 0 aliphatic carbocycles. The van der Waals surface area contributed by atoms with Gasteiger partial charge in [-0.05, 0) is 48.5 Å². The highest BCUT2D eigenvalue weighted by atomic mass is 35.5. The molecule has 156 valence electrons. The van der Waals surface area contributed by atoms with E-state index in [4.69, 9.17) is 16.3 Å². The van der Waals surface area contributed by atoms with E-state index >= 15 is 0 Å². The van der Waals surface area contributed by atoms with Crippen LogP contribution in [-0.4, -0.2) is 35.9 Å². The molecule has 0 spiro atoms. The Hall–Kier alpha value is -3.64. The molecule has 2 N–H and O–H groups in total. The molecule has 1 saturated heterocycles. The molecule has 2 atom stereocenters. The predicted molar refractivity (Wildman–Crippen MR) is 118 cm³/mol. The third-order valence-corrected chi connectivity index (χ3v) is 5.44. The summed E-state index contributed by atoms with van der Waals surface area (Å²) in [5.74, 6) is 0.0693. The van der Waals surface area contributed by atoms with Gasteiger partial charge in [0.15, 0.2) is 6.04 Å². The molecule has 4 rings (SSSR count). The molecular weight excluding hydrogens is 414 g/mol. The minimum absolute atomic E-state index is 0.312. The zero-order valence-electron chi connectivity index (χ0n) is 16.8. The summed E-state index contributed by atoms with van der Waals surface area (Å²) in [5.41, 5.74) is 4.91. The molecule has 1 aliphatic rings. The second kappa shape index (κ2) is 9.02. The Labute approximate surface area is 185 Å². The van der Waals surface area contributed by atoms with Gasteiger partial charge in [0.2, 0.25) is 12.3 Å². The highest BCUT2D eigenvalue weighted by molar-refractivity contribution is 6.32. The lowest BCUT2D eigenvalue weighted by Gasteiger charge is -2.15. The Kier molecular flexibility index (Phi) is 6.00. The summed E-state index contributed by atoms with van der Waals surface area (Å²) in [7, 11) is 1.59. The first-order valence-electron chi connectivity index (χ1n) is 9.75. The molecule has 0 unspecified atom stereocenters. The van der Waals surface area contributed by atoms with Gasteiger partial charge in [-0.1, -0.05) is 41.9 Å². The minimum Gasteiger partial charge on any atom is -0.497 e. The Morgan fingerprint density at radius 3 is 2.39 bits per heavy atom. The van der Waals surface area contributed by atoms with Crippen molar-refractivity contribution in [3.63, 3.8) is 0 Å². The molecule has 1 fully saturated rings. The summed E-state index contributed by atoms with van der Waals surface area (Å²) in [6.45, 7) is 0. The van der Waals surface area contributed by atoms with Crippen LogP contribution in [0.4, 0.5) is 0 Å². The van der Waals surface area contributed by atoms with E-state index in [1.165, 1.54) is 0 Å². The van der Waals surface area contributed by atoms with E-state index in [1.54, 1.807) is 48.3 Å². The number of carbonyl (C=O) groups is 2. The van der Waals surface area contributed by atoms with Gasteiger partial charge in [-0.2, -0.15) is 0 Å². The number of benzene rings is 3. The molecule has 3 aromatic rings. The fourth-order valence-electron chi connectivity index (χ4n) is 3.53. The summed E-state index contributed by atoms with van der Waals surface area (Å²) in [6.07, 6.45) is 1.77. The van der Waals surface area contributed by atoms with E-state index in [9.17, 15) is 9.59 Å². The van der Waals surface area contributed by atoms with Crippen molar-refractivity contribution < 1.29 is 19.0 Å². The number of carbonyl (C=O) groups excluding carboxylic acids is 2. The first-order valence-corrected chi connectivity index (χ1v) is 10.1. The van der Waals surface area contributed by atoms with Crippen molar-refractivity contribution in [3.05, 3.63) is 101 Å². The van der Waals surface area contributed by atoms with Gasteiger partial charge in [-0.3, -0.25) is 9.59 Å². The molecular formula is C24H21ClN3O3+. The van der Waals surface area contributed by atoms with Crippen molar-refractivity contribution in [1.82, 2.24) is 10.7 Å². The number of methoxy groups -OCH3 is 1. The molecule has 7 heteroatoms. The maximum atomic E-state index is 12.9. The third kappa shape index (κ3) is 4.44. The maximum absolute atomic E-state index is 12.9. The van der Waals surface area contributed by atoms with Crippen LogP contribution in [0.3, 0.4) is 0 Å². The molecule has 31 heavy (non-hydrogen) atoms. The highest BCUT2D eigenvalue weighted by Gasteiger charge is 2.47. The number of nitrogens with one attached hydrogen (secondary N) is 2. The Bertz CT molecular complexity index is 1130. The van der Waals surface area contributed by atoms with E-state index in [1.807, 2.05) is 48.5 Å². The predicted octanol–water partition coefficient (Wildman–Crippen LogP) is 3.36. The van der Waals surface area contributed by atoms with E-state index in [0.717, 1.165) is 11.1 Å². The van der Waals surface area contributed by atoms with Crippen LogP contribution < -0.4 is 15.5 Å². The Balaban J connectivity index is 1.72. The van der Waals surface area contributed by atoms with Crippen LogP contribution in [0.25, 0.3) is 0 Å². The van der Waals surface area contributed by atoms with Crippen LogP contribution >= 0.6 is 11.6 Å². The number of hydrogen-bond donors (Lipinski definition) is 2. The minimum atomic E-state index is -0.806. The number of rotatable bonds is 5. The van der Waals surface area contributed by atoms with Crippen LogP contribution in [0.2, 0.25) is 5.02 Å². The lowest BCUT2D eigenvalue weighted by atomic mass is 9.99. The van der Waals surface area contributed by atoms with Gasteiger partial charge in [0.05, 0.1) is 17.7 Å². The normalized spacial score (nSPS) is 19.2.